The quantitative estimate of drug-likeness (QED) is 0.826. The zero-order valence-corrected chi connectivity index (χ0v) is 8.00. The van der Waals surface area contributed by atoms with Crippen LogP contribution in [0.4, 0.5) is 0 Å². The molecule has 0 fully saturated rings. The molecule has 1 aromatic heterocycles. The van der Waals surface area contributed by atoms with Gasteiger partial charge in [-0.2, -0.15) is 5.10 Å². The van der Waals surface area contributed by atoms with Gasteiger partial charge < -0.3 is 5.11 Å². The lowest BCUT2D eigenvalue weighted by Crippen LogP contribution is -1.99. The lowest BCUT2D eigenvalue weighted by Gasteiger charge is -1.99. The normalized spacial score (nSPS) is 10.5. The van der Waals surface area contributed by atoms with E-state index in [9.17, 15) is 0 Å². The van der Waals surface area contributed by atoms with E-state index in [4.69, 9.17) is 5.11 Å². The van der Waals surface area contributed by atoms with Crippen LogP contribution in [0.25, 0.3) is 0 Å². The van der Waals surface area contributed by atoms with Gasteiger partial charge in [0.05, 0.1) is 16.4 Å². The van der Waals surface area contributed by atoms with Crippen molar-refractivity contribution in [1.29, 1.82) is 0 Å². The zero-order chi connectivity index (χ0) is 8.27. The van der Waals surface area contributed by atoms with Crippen LogP contribution in [0.3, 0.4) is 0 Å². The summed E-state index contributed by atoms with van der Waals surface area (Å²) < 4.78 is 2.84. The Kier molecular flexibility index (Phi) is 3.08. The molecule has 0 aliphatic heterocycles. The SMILES string of the molecule is Cn1ncc(Br)c1CCCO. The Morgan fingerprint density at radius 2 is 2.45 bits per heavy atom. The molecule has 0 saturated heterocycles. The summed E-state index contributed by atoms with van der Waals surface area (Å²) in [7, 11) is 1.90. The summed E-state index contributed by atoms with van der Waals surface area (Å²) >= 11 is 3.38. The van der Waals surface area contributed by atoms with Gasteiger partial charge >= 0.3 is 0 Å². The van der Waals surface area contributed by atoms with E-state index in [0.29, 0.717) is 0 Å². The van der Waals surface area contributed by atoms with Crippen molar-refractivity contribution in [3.63, 3.8) is 0 Å². The first kappa shape index (κ1) is 8.74. The van der Waals surface area contributed by atoms with E-state index in [2.05, 4.69) is 21.0 Å². The van der Waals surface area contributed by atoms with Crippen molar-refractivity contribution in [3.05, 3.63) is 16.4 Å². The predicted molar refractivity (Wildman–Crippen MR) is 46.3 cm³/mol. The minimum atomic E-state index is 0.234. The second-order valence-corrected chi connectivity index (χ2v) is 3.24. The number of aliphatic hydroxyl groups excluding tert-OH is 1. The van der Waals surface area contributed by atoms with Gasteiger partial charge in [0.25, 0.3) is 0 Å². The molecule has 1 rings (SSSR count). The molecule has 0 aliphatic rings. The standard InChI is InChI=1S/C7H11BrN2O/c1-10-7(3-2-4-11)6(8)5-9-10/h5,11H,2-4H2,1H3. The molecule has 0 amide bonds. The van der Waals surface area contributed by atoms with Crippen molar-refractivity contribution in [2.24, 2.45) is 7.05 Å². The Morgan fingerprint density at radius 1 is 1.73 bits per heavy atom. The number of halogens is 1. The number of aliphatic hydroxyl groups is 1. The van der Waals surface area contributed by atoms with Gasteiger partial charge in [0.15, 0.2) is 0 Å². The summed E-state index contributed by atoms with van der Waals surface area (Å²) in [5.41, 5.74) is 1.14. The Hall–Kier alpha value is -0.350. The van der Waals surface area contributed by atoms with Crippen LogP contribution in [-0.4, -0.2) is 21.5 Å². The topological polar surface area (TPSA) is 38.0 Å². The molecule has 11 heavy (non-hydrogen) atoms. The molecule has 0 saturated carbocycles. The van der Waals surface area contributed by atoms with Gasteiger partial charge in [-0.3, -0.25) is 4.68 Å². The molecule has 3 nitrogen and oxygen atoms in total. The minimum absolute atomic E-state index is 0.234. The minimum Gasteiger partial charge on any atom is -0.396 e. The second kappa shape index (κ2) is 3.88. The van der Waals surface area contributed by atoms with E-state index < -0.39 is 0 Å². The van der Waals surface area contributed by atoms with Gasteiger partial charge in [0, 0.05) is 13.7 Å². The largest absolute Gasteiger partial charge is 0.396 e. The van der Waals surface area contributed by atoms with Gasteiger partial charge in [-0.05, 0) is 28.8 Å². The van der Waals surface area contributed by atoms with E-state index in [0.717, 1.165) is 23.0 Å². The first-order valence-corrected chi connectivity index (χ1v) is 4.32. The van der Waals surface area contributed by atoms with E-state index in [1.165, 1.54) is 0 Å². The van der Waals surface area contributed by atoms with Crippen LogP contribution >= 0.6 is 15.9 Å². The lowest BCUT2D eigenvalue weighted by molar-refractivity contribution is 0.287. The van der Waals surface area contributed by atoms with E-state index in [1.54, 1.807) is 6.20 Å². The highest BCUT2D eigenvalue weighted by Gasteiger charge is 2.03. The number of hydrogen-bond acceptors (Lipinski definition) is 2. The van der Waals surface area contributed by atoms with E-state index >= 15 is 0 Å². The van der Waals surface area contributed by atoms with E-state index in [-0.39, 0.29) is 6.61 Å². The maximum Gasteiger partial charge on any atom is 0.0635 e. The van der Waals surface area contributed by atoms with Crippen LogP contribution < -0.4 is 0 Å². The Morgan fingerprint density at radius 3 is 2.91 bits per heavy atom. The highest BCUT2D eigenvalue weighted by atomic mass is 79.9. The Bertz CT molecular complexity index is 215. The highest BCUT2D eigenvalue weighted by Crippen LogP contribution is 2.16. The Balaban J connectivity index is 2.67. The molecule has 0 bridgehead atoms. The number of rotatable bonds is 3. The average Bonchev–Trinajstić information content (AvgIpc) is 2.29. The van der Waals surface area contributed by atoms with Gasteiger partial charge in [0.2, 0.25) is 0 Å². The van der Waals surface area contributed by atoms with Gasteiger partial charge in [-0.1, -0.05) is 0 Å². The summed E-state index contributed by atoms with van der Waals surface area (Å²) in [5, 5.41) is 12.7. The smallest absolute Gasteiger partial charge is 0.0635 e. The van der Waals surface area contributed by atoms with Crippen molar-refractivity contribution < 1.29 is 5.11 Å². The maximum atomic E-state index is 8.60. The maximum absolute atomic E-state index is 8.60. The molecule has 0 unspecified atom stereocenters. The van der Waals surface area contributed by atoms with Gasteiger partial charge in [0.1, 0.15) is 0 Å². The zero-order valence-electron chi connectivity index (χ0n) is 6.42. The summed E-state index contributed by atoms with van der Waals surface area (Å²) in [5.74, 6) is 0. The first-order valence-electron chi connectivity index (χ1n) is 3.53. The van der Waals surface area contributed by atoms with Crippen LogP contribution in [0, 0.1) is 0 Å². The lowest BCUT2D eigenvalue weighted by atomic mass is 10.2. The molecule has 0 radical (unpaired) electrons. The first-order chi connectivity index (χ1) is 5.25. The average molecular weight is 219 g/mol. The van der Waals surface area contributed by atoms with Crippen molar-refractivity contribution in [3.8, 4) is 0 Å². The third-order valence-corrected chi connectivity index (χ3v) is 2.24. The van der Waals surface area contributed by atoms with Crippen LogP contribution in [0.1, 0.15) is 12.1 Å². The summed E-state index contributed by atoms with van der Waals surface area (Å²) in [6.45, 7) is 0.234. The number of aromatic nitrogens is 2. The molecule has 62 valence electrons. The van der Waals surface area contributed by atoms with Crippen LogP contribution in [0.5, 0.6) is 0 Å². The summed E-state index contributed by atoms with van der Waals surface area (Å²) in [6, 6.07) is 0. The van der Waals surface area contributed by atoms with Gasteiger partial charge in [-0.15, -0.1) is 0 Å². The number of aryl methyl sites for hydroxylation is 1. The Labute approximate surface area is 74.2 Å². The fourth-order valence-corrected chi connectivity index (χ4v) is 1.51. The molecule has 0 atom stereocenters. The number of hydrogen-bond donors (Lipinski definition) is 1. The van der Waals surface area contributed by atoms with Crippen LogP contribution in [0.2, 0.25) is 0 Å². The van der Waals surface area contributed by atoms with Crippen molar-refractivity contribution in [1.82, 2.24) is 9.78 Å². The molecule has 4 heteroatoms. The highest BCUT2D eigenvalue weighted by molar-refractivity contribution is 9.10. The fraction of sp³-hybridized carbons (Fsp3) is 0.571. The monoisotopic (exact) mass is 218 g/mol. The second-order valence-electron chi connectivity index (χ2n) is 2.39. The van der Waals surface area contributed by atoms with Crippen molar-refractivity contribution in [2.45, 2.75) is 12.8 Å². The fourth-order valence-electron chi connectivity index (χ4n) is 0.964. The van der Waals surface area contributed by atoms with Crippen LogP contribution in [0.15, 0.2) is 10.7 Å². The van der Waals surface area contributed by atoms with Crippen LogP contribution in [-0.2, 0) is 13.5 Å². The third-order valence-electron chi connectivity index (χ3n) is 1.58. The van der Waals surface area contributed by atoms with Crippen molar-refractivity contribution >= 4 is 15.9 Å². The molecule has 0 aliphatic carbocycles. The third kappa shape index (κ3) is 2.04. The predicted octanol–water partition coefficient (Wildman–Crippen LogP) is 1.11. The molecule has 0 aromatic carbocycles. The number of nitrogens with zero attached hydrogens (tertiary/aromatic N) is 2. The molecule has 0 spiro atoms. The van der Waals surface area contributed by atoms with E-state index in [1.807, 2.05) is 11.7 Å². The summed E-state index contributed by atoms with van der Waals surface area (Å²) in [6.07, 6.45) is 3.43. The van der Waals surface area contributed by atoms with Gasteiger partial charge in [-0.25, -0.2) is 0 Å². The molecule has 1 aromatic rings. The molecule has 1 N–H and O–H groups in total. The summed E-state index contributed by atoms with van der Waals surface area (Å²) in [4.78, 5) is 0. The molecular formula is C7H11BrN2O. The van der Waals surface area contributed by atoms with Crippen molar-refractivity contribution in [2.75, 3.05) is 6.61 Å². The molecular weight excluding hydrogens is 208 g/mol. The molecule has 1 heterocycles.